The van der Waals surface area contributed by atoms with Crippen molar-refractivity contribution in [1.29, 1.82) is 5.26 Å². The van der Waals surface area contributed by atoms with Crippen LogP contribution in [0.4, 0.5) is 0 Å². The third kappa shape index (κ3) is 10.3. The molecule has 0 bridgehead atoms. The van der Waals surface area contributed by atoms with Crippen LogP contribution in [-0.2, 0) is 57.3 Å². The Labute approximate surface area is 395 Å². The summed E-state index contributed by atoms with van der Waals surface area (Å²) in [6.07, 6.45) is -4.25. The third-order valence-corrected chi connectivity index (χ3v) is 26.0. The number of ether oxygens (including phenoxy) is 2. The summed E-state index contributed by atoms with van der Waals surface area (Å²) in [4.78, 5) is 9.18. The highest BCUT2D eigenvalue weighted by Gasteiger charge is 2.58. The van der Waals surface area contributed by atoms with Crippen LogP contribution in [0.1, 0.15) is 60.4 Å². The Kier molecular flexibility index (Phi) is 14.8. The van der Waals surface area contributed by atoms with Crippen molar-refractivity contribution in [2.24, 2.45) is 0 Å². The average Bonchev–Trinajstić information content (AvgIpc) is 3.93. The Balaban J connectivity index is 1.30. The number of nitrogens with zero attached hydrogens (tertiary/aromatic N) is 5. The summed E-state index contributed by atoms with van der Waals surface area (Å²) in [6.45, 7) is 16.6. The minimum absolute atomic E-state index is 0.00655. The summed E-state index contributed by atoms with van der Waals surface area (Å²) in [5.41, 5.74) is 2.38. The number of nitriles is 1. The molecular weight excluding hydrogens is 990 g/mol. The Hall–Kier alpha value is -1.15. The van der Waals surface area contributed by atoms with E-state index >= 15 is 0 Å². The van der Waals surface area contributed by atoms with Gasteiger partial charge >= 0.3 is 15.0 Å². The van der Waals surface area contributed by atoms with Crippen LogP contribution in [-0.4, -0.2) is 92.2 Å². The van der Waals surface area contributed by atoms with Gasteiger partial charge in [0.2, 0.25) is 0 Å². The Morgan fingerprint density at radius 3 is 1.75 bits per heavy atom. The number of fused-ring (bicyclic) bond motifs is 4. The van der Waals surface area contributed by atoms with Gasteiger partial charge in [0.05, 0.1) is 80.5 Å². The molecule has 5 heterocycles. The van der Waals surface area contributed by atoms with Crippen LogP contribution < -0.4 is 0 Å². The molecule has 0 saturated carbocycles. The maximum atomic E-state index is 14.2. The molecule has 7 rings (SSSR count). The lowest BCUT2D eigenvalue weighted by atomic mass is 10.1. The SMILES string of the molecule is CC(C)(C)[Si](C)(C)OC1C2O[P+](=O)OC[C@H]3O[C@@H](n4cnc5cc(Cl)c(Cl)cc54)C(O[Si](C)(C)C(C)(C)C)C3OP(=S)(OCCC#N)OC[C@H]2O[C@H]1n1cnc2cc(Cl)c(Cl)cc21. The van der Waals surface area contributed by atoms with Crippen LogP contribution in [0.2, 0.25) is 56.4 Å². The van der Waals surface area contributed by atoms with Crippen LogP contribution in [0.5, 0.6) is 0 Å². The lowest BCUT2D eigenvalue weighted by molar-refractivity contribution is -0.0581. The van der Waals surface area contributed by atoms with Gasteiger partial charge in [0.15, 0.2) is 35.2 Å². The van der Waals surface area contributed by atoms with E-state index in [0.29, 0.717) is 42.2 Å². The van der Waals surface area contributed by atoms with Crippen LogP contribution in [0.25, 0.3) is 22.1 Å². The summed E-state index contributed by atoms with van der Waals surface area (Å²) in [7, 11) is -8.11. The van der Waals surface area contributed by atoms with Crippen molar-refractivity contribution in [2.45, 2.75) is 133 Å². The molecule has 3 aliphatic rings. The topological polar surface area (TPSA) is 160 Å². The van der Waals surface area contributed by atoms with Crippen LogP contribution in [0, 0.1) is 11.3 Å². The van der Waals surface area contributed by atoms with Gasteiger partial charge in [-0.1, -0.05) is 87.9 Å². The van der Waals surface area contributed by atoms with E-state index in [1.165, 1.54) is 0 Å². The smallest absolute Gasteiger partial charge is 0.407 e. The first-order valence-corrected chi connectivity index (χ1v) is 31.3. The van der Waals surface area contributed by atoms with E-state index in [-0.39, 0.29) is 36.3 Å². The molecule has 15 nitrogen and oxygen atoms in total. The van der Waals surface area contributed by atoms with Gasteiger partial charge < -0.3 is 36.5 Å². The minimum atomic E-state index is -3.83. The highest BCUT2D eigenvalue weighted by molar-refractivity contribution is 8.07. The fourth-order valence-corrected chi connectivity index (χ4v) is 13.1. The molecule has 63 heavy (non-hydrogen) atoms. The molecular formula is C39H52Cl4N5O10P2SSi2+. The van der Waals surface area contributed by atoms with Gasteiger partial charge in [-0.2, -0.15) is 5.26 Å². The number of rotatable bonds is 9. The van der Waals surface area contributed by atoms with E-state index in [2.05, 4.69) is 83.8 Å². The Morgan fingerprint density at radius 2 is 1.27 bits per heavy atom. The fourth-order valence-electron chi connectivity index (χ4n) is 7.00. The van der Waals surface area contributed by atoms with Crippen molar-refractivity contribution in [1.82, 2.24) is 19.1 Å². The molecule has 0 radical (unpaired) electrons. The van der Waals surface area contributed by atoms with E-state index in [0.717, 1.165) is 0 Å². The van der Waals surface area contributed by atoms with E-state index in [1.54, 1.807) is 46.1 Å². The van der Waals surface area contributed by atoms with E-state index < -0.39 is 80.7 Å². The molecule has 0 aliphatic carbocycles. The van der Waals surface area contributed by atoms with Gasteiger partial charge in [-0.15, -0.1) is 9.05 Å². The monoisotopic (exact) mass is 1040 g/mol. The summed E-state index contributed by atoms with van der Waals surface area (Å²) in [5, 5.41) is 10.4. The van der Waals surface area contributed by atoms with Gasteiger partial charge in [0.1, 0.15) is 37.1 Å². The average molecular weight is 1040 g/mol. The van der Waals surface area contributed by atoms with Crippen LogP contribution >= 0.6 is 61.4 Å². The molecule has 2 aromatic carbocycles. The number of hydrogen-bond donors (Lipinski definition) is 0. The van der Waals surface area contributed by atoms with Crippen molar-refractivity contribution >= 4 is 112 Å². The minimum Gasteiger partial charge on any atom is -0.407 e. The first-order chi connectivity index (χ1) is 29.3. The maximum Gasteiger partial charge on any atom is 0.697 e. The van der Waals surface area contributed by atoms with Crippen molar-refractivity contribution < 1.29 is 45.5 Å². The van der Waals surface area contributed by atoms with Crippen molar-refractivity contribution in [3.8, 4) is 6.07 Å². The molecule has 0 spiro atoms. The molecule has 6 unspecified atom stereocenters. The van der Waals surface area contributed by atoms with Gasteiger partial charge in [-0.05, 0) is 72.3 Å². The largest absolute Gasteiger partial charge is 0.697 e. The molecule has 3 saturated heterocycles. The first kappa shape index (κ1) is 49.8. The molecule has 4 aromatic rings. The molecule has 2 aromatic heterocycles. The van der Waals surface area contributed by atoms with E-state index in [9.17, 15) is 9.83 Å². The predicted molar refractivity (Wildman–Crippen MR) is 251 cm³/mol. The van der Waals surface area contributed by atoms with Crippen molar-refractivity contribution in [3.05, 3.63) is 57.0 Å². The van der Waals surface area contributed by atoms with Crippen LogP contribution in [0.15, 0.2) is 36.9 Å². The van der Waals surface area contributed by atoms with Gasteiger partial charge in [-0.3, -0.25) is 4.52 Å². The molecule has 3 aliphatic heterocycles. The second-order valence-corrected chi connectivity index (χ2v) is 33.8. The number of halogens is 4. The molecule has 24 heteroatoms. The van der Waals surface area contributed by atoms with E-state index in [4.69, 9.17) is 99.2 Å². The molecule has 344 valence electrons. The highest BCUT2D eigenvalue weighted by Crippen LogP contribution is 2.57. The third-order valence-electron chi connectivity index (χ3n) is 12.5. The first-order valence-electron chi connectivity index (χ1n) is 20.3. The molecule has 0 amide bonds. The van der Waals surface area contributed by atoms with E-state index in [1.807, 2.05) is 0 Å². The zero-order chi connectivity index (χ0) is 46.0. The highest BCUT2D eigenvalue weighted by atomic mass is 35.5. The summed E-state index contributed by atoms with van der Waals surface area (Å²) in [6, 6.07) is 8.84. The lowest BCUT2D eigenvalue weighted by Gasteiger charge is -2.41. The van der Waals surface area contributed by atoms with Gasteiger partial charge in [0.25, 0.3) is 0 Å². The molecule has 10 atom stereocenters. The normalized spacial score (nSPS) is 29.6. The number of imidazole rings is 2. The zero-order valence-corrected chi connectivity index (χ0v) is 44.2. The number of hydrogen-bond acceptors (Lipinski definition) is 14. The Bertz CT molecular complexity index is 2460. The standard InChI is InChI=1S/C39H52Cl4N5O10P2SSi2/c1-38(2,3)62(7,8)57-34-32-31(54-36(34)47-20-45-26-14-22(40)24(42)16-28(26)47)19-52-60(61,51-13-11-12-44)56-33-30(18-50-59(49)55-32)53-37(35(33)58-63(9,10)39(4,5)6)48-21-46-27-15-23(41)25(43)17-29(27)48/h14-17,20-21,30-37H,11,13,18-19H2,1-10H3/q+1/t30-,31-,32?,33?,34?,35?,36-,37-,60?/m1/s1. The van der Waals surface area contributed by atoms with Crippen molar-refractivity contribution in [3.63, 3.8) is 0 Å². The second kappa shape index (κ2) is 18.7. The zero-order valence-electron chi connectivity index (χ0n) is 36.5. The maximum absolute atomic E-state index is 14.2. The van der Waals surface area contributed by atoms with Crippen molar-refractivity contribution in [2.75, 3.05) is 19.8 Å². The lowest BCUT2D eigenvalue weighted by Crippen LogP contribution is -2.49. The number of benzene rings is 2. The van der Waals surface area contributed by atoms with Gasteiger partial charge in [-0.25, -0.2) is 9.97 Å². The molecule has 0 N–H and O–H groups in total. The van der Waals surface area contributed by atoms with Gasteiger partial charge in [0, 0.05) is 4.57 Å². The predicted octanol–water partition coefficient (Wildman–Crippen LogP) is 11.9. The number of aromatic nitrogens is 4. The summed E-state index contributed by atoms with van der Waals surface area (Å²) >= 11 is 32.0. The Morgan fingerprint density at radius 1 is 0.810 bits per heavy atom. The summed E-state index contributed by atoms with van der Waals surface area (Å²) < 4.78 is 77.8. The summed E-state index contributed by atoms with van der Waals surface area (Å²) in [5.74, 6) is 0. The second-order valence-electron chi connectivity index (χ2n) is 18.8. The quantitative estimate of drug-likeness (QED) is 0.0885. The fraction of sp³-hybridized carbons (Fsp3) is 0.615. The van der Waals surface area contributed by atoms with Crippen LogP contribution in [0.3, 0.4) is 0 Å². The molecule has 3 fully saturated rings.